The van der Waals surface area contributed by atoms with E-state index in [4.69, 9.17) is 0 Å². The summed E-state index contributed by atoms with van der Waals surface area (Å²) in [5.41, 5.74) is 25.8. The average Bonchev–Trinajstić information content (AvgIpc) is 4.25. The third kappa shape index (κ3) is 7.88. The number of hydrogen-bond acceptors (Lipinski definition) is 0. The lowest BCUT2D eigenvalue weighted by molar-refractivity contribution is 0.898. The van der Waals surface area contributed by atoms with E-state index in [1.54, 1.807) is 0 Å². The van der Waals surface area contributed by atoms with Crippen molar-refractivity contribution in [2.75, 3.05) is 0 Å². The molecular formula is C72H63N3. The Kier molecular flexibility index (Phi) is 12.6. The van der Waals surface area contributed by atoms with Gasteiger partial charge < -0.3 is 13.7 Å². The van der Waals surface area contributed by atoms with Gasteiger partial charge in [0.25, 0.3) is 0 Å². The van der Waals surface area contributed by atoms with Gasteiger partial charge in [-0.25, -0.2) is 0 Å². The maximum atomic E-state index is 4.04. The van der Waals surface area contributed by atoms with Crippen molar-refractivity contribution >= 4 is 77.6 Å². The Morgan fingerprint density at radius 3 is 1.88 bits per heavy atom. The maximum Gasteiger partial charge on any atom is 0.0541 e. The van der Waals surface area contributed by atoms with Crippen molar-refractivity contribution in [3.8, 4) is 39.1 Å². The molecule has 0 amide bonds. The Labute approximate surface area is 441 Å². The number of aromatic nitrogens is 3. The summed E-state index contributed by atoms with van der Waals surface area (Å²) in [7, 11) is 0. The minimum absolute atomic E-state index is 0.892. The molecular weight excluding hydrogens is 907 g/mol. The third-order valence-electron chi connectivity index (χ3n) is 15.5. The quantitative estimate of drug-likeness (QED) is 0.135. The van der Waals surface area contributed by atoms with Crippen molar-refractivity contribution in [1.29, 1.82) is 0 Å². The molecule has 3 nitrogen and oxygen atoms in total. The summed E-state index contributed by atoms with van der Waals surface area (Å²) < 4.78 is 7.35. The van der Waals surface area contributed by atoms with Gasteiger partial charge in [0.05, 0.1) is 27.6 Å². The van der Waals surface area contributed by atoms with Crippen LogP contribution in [0.4, 0.5) is 0 Å². The van der Waals surface area contributed by atoms with Crippen molar-refractivity contribution in [3.63, 3.8) is 0 Å². The average molecular weight is 970 g/mol. The molecule has 0 atom stereocenters. The van der Waals surface area contributed by atoms with E-state index >= 15 is 0 Å². The number of hydrogen-bond donors (Lipinski definition) is 0. The van der Waals surface area contributed by atoms with E-state index in [2.05, 4.69) is 240 Å². The highest BCUT2D eigenvalue weighted by Gasteiger charge is 2.28. The normalized spacial score (nSPS) is 13.9. The van der Waals surface area contributed by atoms with Crippen molar-refractivity contribution in [1.82, 2.24) is 13.7 Å². The van der Waals surface area contributed by atoms with Crippen molar-refractivity contribution in [3.05, 3.63) is 247 Å². The van der Waals surface area contributed by atoms with Crippen LogP contribution in [0.2, 0.25) is 0 Å². The van der Waals surface area contributed by atoms with Crippen LogP contribution in [0.25, 0.3) is 117 Å². The molecule has 0 saturated carbocycles. The van der Waals surface area contributed by atoms with E-state index in [1.807, 2.05) is 33.8 Å². The summed E-state index contributed by atoms with van der Waals surface area (Å²) >= 11 is 0. The minimum Gasteiger partial charge on any atom is -0.313 e. The van der Waals surface area contributed by atoms with Crippen LogP contribution in [0, 0.1) is 0 Å². The van der Waals surface area contributed by atoms with Crippen molar-refractivity contribution in [2.24, 2.45) is 0 Å². The minimum atomic E-state index is 0.892. The Morgan fingerprint density at radius 1 is 0.520 bits per heavy atom. The van der Waals surface area contributed by atoms with E-state index < -0.39 is 0 Å². The second-order valence-corrected chi connectivity index (χ2v) is 19.4. The molecule has 0 saturated heterocycles. The smallest absolute Gasteiger partial charge is 0.0541 e. The number of nitrogens with zero attached hydrogens (tertiary/aromatic N) is 3. The van der Waals surface area contributed by atoms with Crippen LogP contribution in [-0.2, 0) is 12.8 Å². The molecule has 11 aromatic rings. The molecule has 3 aliphatic rings. The van der Waals surface area contributed by atoms with Gasteiger partial charge in [-0.05, 0) is 192 Å². The van der Waals surface area contributed by atoms with Gasteiger partial charge in [0.2, 0.25) is 0 Å². The molecule has 0 N–H and O–H groups in total. The number of para-hydroxylation sites is 4. The number of fused-ring (bicyclic) bond motifs is 12. The largest absolute Gasteiger partial charge is 0.313 e. The molecule has 3 aromatic heterocycles. The van der Waals surface area contributed by atoms with Gasteiger partial charge in [-0.1, -0.05) is 156 Å². The van der Waals surface area contributed by atoms with E-state index in [9.17, 15) is 0 Å². The summed E-state index contributed by atoms with van der Waals surface area (Å²) in [5, 5.41) is 6.39. The Hall–Kier alpha value is -8.66. The van der Waals surface area contributed by atoms with Crippen LogP contribution < -0.4 is 0 Å². The van der Waals surface area contributed by atoms with E-state index in [1.165, 1.54) is 133 Å². The molecule has 75 heavy (non-hydrogen) atoms. The van der Waals surface area contributed by atoms with E-state index in [0.717, 1.165) is 37.8 Å². The molecule has 3 aliphatic carbocycles. The Bertz CT molecular complexity index is 4210. The zero-order chi connectivity index (χ0) is 51.2. The second kappa shape index (κ2) is 20.0. The predicted molar refractivity (Wildman–Crippen MR) is 326 cm³/mol. The fourth-order valence-corrected chi connectivity index (χ4v) is 12.4. The van der Waals surface area contributed by atoms with Gasteiger partial charge in [0.15, 0.2) is 0 Å². The third-order valence-corrected chi connectivity index (χ3v) is 15.5. The van der Waals surface area contributed by atoms with Gasteiger partial charge in [-0.3, -0.25) is 0 Å². The summed E-state index contributed by atoms with van der Waals surface area (Å²) in [5.74, 6) is 0. The summed E-state index contributed by atoms with van der Waals surface area (Å²) in [4.78, 5) is 0. The highest BCUT2D eigenvalue weighted by Crippen LogP contribution is 2.48. The van der Waals surface area contributed by atoms with Crippen LogP contribution in [0.1, 0.15) is 81.8 Å². The number of benzene rings is 8. The molecule has 3 heterocycles. The second-order valence-electron chi connectivity index (χ2n) is 19.4. The van der Waals surface area contributed by atoms with Crippen LogP contribution in [-0.4, -0.2) is 13.7 Å². The first-order valence-corrected chi connectivity index (χ1v) is 27.2. The number of allylic oxidation sites excluding steroid dienone is 10. The first-order valence-electron chi connectivity index (χ1n) is 27.2. The highest BCUT2D eigenvalue weighted by atomic mass is 15.0. The van der Waals surface area contributed by atoms with Gasteiger partial charge in [-0.2, -0.15) is 0 Å². The molecule has 0 spiro atoms. The molecule has 8 aromatic carbocycles. The molecule has 0 bridgehead atoms. The fraction of sp³-hybridized carbons (Fsp3) is 0.139. The van der Waals surface area contributed by atoms with Crippen LogP contribution >= 0.6 is 0 Å². The monoisotopic (exact) mass is 970 g/mol. The van der Waals surface area contributed by atoms with Crippen LogP contribution in [0.3, 0.4) is 0 Å². The van der Waals surface area contributed by atoms with Gasteiger partial charge >= 0.3 is 0 Å². The molecule has 3 heteroatoms. The molecule has 14 rings (SSSR count). The fourth-order valence-electron chi connectivity index (χ4n) is 12.4. The first-order chi connectivity index (χ1) is 37.1. The van der Waals surface area contributed by atoms with Crippen molar-refractivity contribution in [2.45, 2.75) is 66.7 Å². The van der Waals surface area contributed by atoms with Crippen molar-refractivity contribution < 1.29 is 0 Å². The predicted octanol–water partition coefficient (Wildman–Crippen LogP) is 20.1. The van der Waals surface area contributed by atoms with Gasteiger partial charge in [-0.15, -0.1) is 0 Å². The molecule has 366 valence electrons. The summed E-state index contributed by atoms with van der Waals surface area (Å²) in [6.07, 6.45) is 22.4. The molecule has 0 unspecified atom stereocenters. The lowest BCUT2D eigenvalue weighted by Crippen LogP contribution is -2.05. The molecule has 0 aliphatic heterocycles. The highest BCUT2D eigenvalue weighted by molar-refractivity contribution is 6.13. The SMILES string of the molecule is C=C/C=C(\C=C/C)n1c2ccccc2c2cc(-c3ccc4c(c3)-c3cc(C5=Cc6c(n(-c7ccccc7)c7ccccc67)CC5)cc(-c5ccc6c(c5)c5ccccc5n6C5=CC=CCC5)c3C4)ccc21.CC.CC. The van der Waals surface area contributed by atoms with Gasteiger partial charge in [0, 0.05) is 55.3 Å². The number of rotatable bonds is 8. The zero-order valence-electron chi connectivity index (χ0n) is 43.9. The van der Waals surface area contributed by atoms with E-state index in [-0.39, 0.29) is 0 Å². The lowest BCUT2D eigenvalue weighted by Gasteiger charge is -2.20. The molecule has 0 radical (unpaired) electrons. The summed E-state index contributed by atoms with van der Waals surface area (Å²) in [6.45, 7) is 14.1. The summed E-state index contributed by atoms with van der Waals surface area (Å²) in [6, 6.07) is 64.1. The van der Waals surface area contributed by atoms with E-state index in [0.29, 0.717) is 0 Å². The topological polar surface area (TPSA) is 14.8 Å². The first kappa shape index (κ1) is 47.4. The zero-order valence-corrected chi connectivity index (χ0v) is 43.9. The Morgan fingerprint density at radius 2 is 1.12 bits per heavy atom. The lowest BCUT2D eigenvalue weighted by atomic mass is 9.86. The van der Waals surface area contributed by atoms with Crippen LogP contribution in [0.5, 0.6) is 0 Å². The standard InChI is InChI=1S/C68H51N3.2C2H6/c1-3-17-50(18-4-2)69-63-26-14-11-23-53(63)60-38-45(31-34-66(60)69)44-29-30-47-40-58-57(48-33-36-68-62(41-48)55-25-13-16-28-65(55)71(68)52-21-9-6-10-22-52)42-49(43-59(58)56(47)37-44)46-32-35-67-61(39-46)54-24-12-15-27-64(54)70(67)51-19-7-5-8-20-51;2*1-2/h3-9,11-21,23-31,33-34,36-39,41-43H,1,10,22,32,35,40H2,2H3;2*1-2H3/b18-4-,50-17+;;. The molecule has 0 fully saturated rings. The maximum absolute atomic E-state index is 4.04. The van der Waals surface area contributed by atoms with Gasteiger partial charge in [0.1, 0.15) is 0 Å². The van der Waals surface area contributed by atoms with Crippen LogP contribution in [0.15, 0.2) is 219 Å². The Balaban J connectivity index is 0.00000139.